The average molecular weight is 295 g/mol. The van der Waals surface area contributed by atoms with Gasteiger partial charge >= 0.3 is 0 Å². The highest BCUT2D eigenvalue weighted by Crippen LogP contribution is 2.22. The Labute approximate surface area is 128 Å². The van der Waals surface area contributed by atoms with Crippen LogP contribution in [0.3, 0.4) is 0 Å². The van der Waals surface area contributed by atoms with Gasteiger partial charge in [-0.3, -0.25) is 0 Å². The fourth-order valence-corrected chi connectivity index (χ4v) is 2.25. The zero-order chi connectivity index (χ0) is 15.5. The van der Waals surface area contributed by atoms with Crippen LogP contribution in [0.1, 0.15) is 36.8 Å². The summed E-state index contributed by atoms with van der Waals surface area (Å²) in [4.78, 5) is 0. The van der Waals surface area contributed by atoms with Gasteiger partial charge in [-0.25, -0.2) is 0 Å². The second-order valence-electron chi connectivity index (χ2n) is 5.53. The Morgan fingerprint density at radius 2 is 1.76 bits per heavy atom. The van der Waals surface area contributed by atoms with Gasteiger partial charge in [0.05, 0.1) is 0 Å². The lowest BCUT2D eigenvalue weighted by Gasteiger charge is -2.16. The quantitative estimate of drug-likeness (QED) is 0.548. The lowest BCUT2D eigenvalue weighted by Crippen LogP contribution is -2.32. The van der Waals surface area contributed by atoms with Crippen LogP contribution in [0.5, 0.6) is 5.75 Å². The van der Waals surface area contributed by atoms with E-state index in [0.29, 0.717) is 13.2 Å². The summed E-state index contributed by atoms with van der Waals surface area (Å²) in [5.74, 6) is 0.876. The van der Waals surface area contributed by atoms with Crippen molar-refractivity contribution in [1.82, 2.24) is 5.32 Å². The van der Waals surface area contributed by atoms with Gasteiger partial charge in [0.15, 0.2) is 0 Å². The molecule has 21 heavy (non-hydrogen) atoms. The van der Waals surface area contributed by atoms with E-state index < -0.39 is 6.10 Å². The van der Waals surface area contributed by atoms with Crippen LogP contribution in [0.15, 0.2) is 18.2 Å². The van der Waals surface area contributed by atoms with E-state index in [2.05, 4.69) is 5.32 Å². The highest BCUT2D eigenvalue weighted by Gasteiger charge is 2.08. The molecule has 0 saturated heterocycles. The van der Waals surface area contributed by atoms with Crippen molar-refractivity contribution in [3.63, 3.8) is 0 Å². The maximum Gasteiger partial charge on any atom is 0.125 e. The molecule has 0 amide bonds. The van der Waals surface area contributed by atoms with E-state index in [0.717, 1.165) is 49.1 Å². The van der Waals surface area contributed by atoms with E-state index in [1.807, 2.05) is 32.0 Å². The van der Waals surface area contributed by atoms with Crippen molar-refractivity contribution in [3.8, 4) is 5.75 Å². The summed E-state index contributed by atoms with van der Waals surface area (Å²) in [5.41, 5.74) is 2.19. The monoisotopic (exact) mass is 295 g/mol. The molecule has 0 saturated carbocycles. The SMILES string of the molecule is Cc1cccc(C)c1OCC(O)CNCCCCCCO. The van der Waals surface area contributed by atoms with Crippen molar-refractivity contribution >= 4 is 0 Å². The van der Waals surface area contributed by atoms with Crippen LogP contribution >= 0.6 is 0 Å². The van der Waals surface area contributed by atoms with Gasteiger partial charge in [0, 0.05) is 13.2 Å². The topological polar surface area (TPSA) is 61.7 Å². The fraction of sp³-hybridized carbons (Fsp3) is 0.647. The molecule has 0 aromatic heterocycles. The summed E-state index contributed by atoms with van der Waals surface area (Å²) in [6.45, 7) is 6.06. The number of benzene rings is 1. The van der Waals surface area contributed by atoms with Crippen LogP contribution in [0.25, 0.3) is 0 Å². The van der Waals surface area contributed by atoms with Crippen LogP contribution in [-0.4, -0.2) is 42.6 Å². The fourth-order valence-electron chi connectivity index (χ4n) is 2.25. The predicted octanol–water partition coefficient (Wildman–Crippen LogP) is 2.19. The van der Waals surface area contributed by atoms with E-state index in [-0.39, 0.29) is 6.61 Å². The molecule has 0 aliphatic carbocycles. The first kappa shape index (κ1) is 18.0. The molecule has 1 aromatic carbocycles. The highest BCUT2D eigenvalue weighted by molar-refractivity contribution is 5.39. The third-order valence-electron chi connectivity index (χ3n) is 3.47. The second kappa shape index (κ2) is 10.6. The molecule has 0 bridgehead atoms. The van der Waals surface area contributed by atoms with Gasteiger partial charge in [0.1, 0.15) is 18.5 Å². The van der Waals surface area contributed by atoms with E-state index in [1.54, 1.807) is 0 Å². The number of aliphatic hydroxyl groups excluding tert-OH is 2. The third-order valence-corrected chi connectivity index (χ3v) is 3.47. The molecule has 0 fully saturated rings. The maximum absolute atomic E-state index is 9.91. The molecule has 4 nitrogen and oxygen atoms in total. The Balaban J connectivity index is 2.12. The molecule has 0 spiro atoms. The molecule has 1 rings (SSSR count). The largest absolute Gasteiger partial charge is 0.490 e. The Bertz CT molecular complexity index is 375. The zero-order valence-corrected chi connectivity index (χ0v) is 13.3. The highest BCUT2D eigenvalue weighted by atomic mass is 16.5. The molecule has 4 heteroatoms. The minimum atomic E-state index is -0.499. The van der Waals surface area contributed by atoms with Gasteiger partial charge in [-0.2, -0.15) is 0 Å². The first-order chi connectivity index (χ1) is 10.1. The standard InChI is InChI=1S/C17H29NO3/c1-14-8-7-9-15(2)17(14)21-13-16(20)12-18-10-5-3-4-6-11-19/h7-9,16,18-20H,3-6,10-13H2,1-2H3. The van der Waals surface area contributed by atoms with Crippen molar-refractivity contribution in [3.05, 3.63) is 29.3 Å². The summed E-state index contributed by atoms with van der Waals surface area (Å²) >= 11 is 0. The Morgan fingerprint density at radius 1 is 1.10 bits per heavy atom. The molecule has 3 N–H and O–H groups in total. The van der Waals surface area contributed by atoms with Crippen molar-refractivity contribution in [1.29, 1.82) is 0 Å². The van der Waals surface area contributed by atoms with Crippen LogP contribution in [0.2, 0.25) is 0 Å². The normalized spacial score (nSPS) is 12.4. The zero-order valence-electron chi connectivity index (χ0n) is 13.3. The third kappa shape index (κ3) is 7.46. The number of hydrogen-bond acceptors (Lipinski definition) is 4. The van der Waals surface area contributed by atoms with Gasteiger partial charge in [-0.05, 0) is 44.4 Å². The van der Waals surface area contributed by atoms with Gasteiger partial charge in [-0.15, -0.1) is 0 Å². The molecular weight excluding hydrogens is 266 g/mol. The second-order valence-corrected chi connectivity index (χ2v) is 5.53. The molecule has 120 valence electrons. The summed E-state index contributed by atoms with van der Waals surface area (Å²) < 4.78 is 5.72. The van der Waals surface area contributed by atoms with Crippen LogP contribution in [0.4, 0.5) is 0 Å². The first-order valence-corrected chi connectivity index (χ1v) is 7.83. The number of aliphatic hydroxyl groups is 2. The van der Waals surface area contributed by atoms with E-state index in [4.69, 9.17) is 9.84 Å². The van der Waals surface area contributed by atoms with Crippen LogP contribution in [-0.2, 0) is 0 Å². The van der Waals surface area contributed by atoms with Gasteiger partial charge < -0.3 is 20.3 Å². The summed E-state index contributed by atoms with van der Waals surface area (Å²) in [5, 5.41) is 21.8. The van der Waals surface area contributed by atoms with E-state index >= 15 is 0 Å². The van der Waals surface area contributed by atoms with Crippen LogP contribution in [0, 0.1) is 13.8 Å². The molecule has 1 atom stereocenters. The van der Waals surface area contributed by atoms with Crippen molar-refractivity contribution in [2.45, 2.75) is 45.6 Å². The summed E-state index contributed by atoms with van der Waals surface area (Å²) in [6, 6.07) is 6.03. The minimum absolute atomic E-state index is 0.280. The van der Waals surface area contributed by atoms with Gasteiger partial charge in [0.25, 0.3) is 0 Å². The van der Waals surface area contributed by atoms with Crippen molar-refractivity contribution in [2.75, 3.05) is 26.3 Å². The lowest BCUT2D eigenvalue weighted by molar-refractivity contribution is 0.106. The number of ether oxygens (including phenoxy) is 1. The van der Waals surface area contributed by atoms with E-state index in [1.165, 1.54) is 0 Å². The molecule has 1 aromatic rings. The summed E-state index contributed by atoms with van der Waals surface area (Å²) in [6.07, 6.45) is 3.64. The number of hydrogen-bond donors (Lipinski definition) is 3. The van der Waals surface area contributed by atoms with Crippen molar-refractivity contribution < 1.29 is 14.9 Å². The minimum Gasteiger partial charge on any atom is -0.490 e. The molecule has 0 aliphatic heterocycles. The van der Waals surface area contributed by atoms with Crippen LogP contribution < -0.4 is 10.1 Å². The number of aryl methyl sites for hydroxylation is 2. The lowest BCUT2D eigenvalue weighted by atomic mass is 10.1. The smallest absolute Gasteiger partial charge is 0.125 e. The van der Waals surface area contributed by atoms with E-state index in [9.17, 15) is 5.11 Å². The first-order valence-electron chi connectivity index (χ1n) is 7.83. The number of para-hydroxylation sites is 1. The molecule has 1 unspecified atom stereocenters. The van der Waals surface area contributed by atoms with Crippen molar-refractivity contribution in [2.24, 2.45) is 0 Å². The number of unbranched alkanes of at least 4 members (excludes halogenated alkanes) is 3. The Kier molecular flexibility index (Phi) is 9.06. The summed E-state index contributed by atoms with van der Waals surface area (Å²) in [7, 11) is 0. The Hall–Kier alpha value is -1.10. The maximum atomic E-state index is 9.91. The predicted molar refractivity (Wildman–Crippen MR) is 85.8 cm³/mol. The number of nitrogens with one attached hydrogen (secondary N) is 1. The van der Waals surface area contributed by atoms with Gasteiger partial charge in [-0.1, -0.05) is 31.0 Å². The number of rotatable bonds is 11. The molecular formula is C17H29NO3. The van der Waals surface area contributed by atoms with Gasteiger partial charge in [0.2, 0.25) is 0 Å². The molecule has 0 aliphatic rings. The Morgan fingerprint density at radius 3 is 2.43 bits per heavy atom. The average Bonchev–Trinajstić information content (AvgIpc) is 2.46. The molecule has 0 heterocycles. The molecule has 0 radical (unpaired) electrons.